The third-order valence-electron chi connectivity index (χ3n) is 5.72. The first-order valence-electron chi connectivity index (χ1n) is 12.2. The average Bonchev–Trinajstić information content (AvgIpc) is 2.90. The molecule has 35 heavy (non-hydrogen) atoms. The summed E-state index contributed by atoms with van der Waals surface area (Å²) in [6, 6.07) is 14.3. The van der Waals surface area contributed by atoms with E-state index >= 15 is 0 Å². The lowest BCUT2D eigenvalue weighted by Crippen LogP contribution is -2.08. The molecule has 0 amide bonds. The first-order chi connectivity index (χ1) is 17.2. The Morgan fingerprint density at radius 1 is 0.657 bits per heavy atom. The Bertz CT molecular complexity index is 1220. The molecule has 0 aliphatic carbocycles. The van der Waals surface area contributed by atoms with Crippen molar-refractivity contribution >= 4 is 5.97 Å². The Hall–Kier alpha value is -3.93. The molecule has 2 aromatic heterocycles. The molecular weight excluding hydrogens is 436 g/mol. The molecule has 0 spiro atoms. The molecule has 2 heterocycles. The number of unbranched alkanes of at least 4 members (excludes halogenated alkanes) is 2. The fourth-order valence-corrected chi connectivity index (χ4v) is 3.73. The van der Waals surface area contributed by atoms with Crippen LogP contribution < -0.4 is 4.74 Å². The van der Waals surface area contributed by atoms with Crippen LogP contribution in [-0.4, -0.2) is 25.9 Å². The number of carbonyl (C=O) groups is 1. The maximum atomic E-state index is 12.6. The van der Waals surface area contributed by atoms with Gasteiger partial charge in [-0.1, -0.05) is 45.2 Å². The SMILES string of the molecule is CCCCCc1cnc(-c2ccc(C(=O)Oc3ccc(-c4ncc(CCC)cn4)cc3)cc2)nc1. The minimum Gasteiger partial charge on any atom is -0.423 e. The molecular formula is C29H30N4O2. The van der Waals surface area contributed by atoms with Gasteiger partial charge in [-0.05, 0) is 66.8 Å². The molecule has 6 heteroatoms. The van der Waals surface area contributed by atoms with Crippen LogP contribution in [0.25, 0.3) is 22.8 Å². The van der Waals surface area contributed by atoms with Crippen LogP contribution in [0.4, 0.5) is 0 Å². The zero-order valence-corrected chi connectivity index (χ0v) is 20.3. The van der Waals surface area contributed by atoms with Crippen LogP contribution in [0.15, 0.2) is 73.3 Å². The van der Waals surface area contributed by atoms with Gasteiger partial charge in [0.15, 0.2) is 11.6 Å². The monoisotopic (exact) mass is 466 g/mol. The van der Waals surface area contributed by atoms with Crippen LogP contribution in [0.3, 0.4) is 0 Å². The Morgan fingerprint density at radius 2 is 1.17 bits per heavy atom. The summed E-state index contributed by atoms with van der Waals surface area (Å²) in [6.07, 6.45) is 14.1. The lowest BCUT2D eigenvalue weighted by atomic mass is 10.1. The predicted octanol–water partition coefficient (Wildman–Crippen LogP) is 6.51. The quantitative estimate of drug-likeness (QED) is 0.151. The van der Waals surface area contributed by atoms with Gasteiger partial charge in [0.25, 0.3) is 0 Å². The van der Waals surface area contributed by atoms with Gasteiger partial charge in [-0.25, -0.2) is 24.7 Å². The van der Waals surface area contributed by atoms with Gasteiger partial charge in [-0.3, -0.25) is 0 Å². The number of ether oxygens (including phenoxy) is 1. The molecule has 0 atom stereocenters. The van der Waals surface area contributed by atoms with Gasteiger partial charge in [-0.2, -0.15) is 0 Å². The number of carbonyl (C=O) groups excluding carboxylic acids is 1. The van der Waals surface area contributed by atoms with Crippen molar-refractivity contribution in [1.82, 2.24) is 19.9 Å². The second-order valence-corrected chi connectivity index (χ2v) is 8.53. The van der Waals surface area contributed by atoms with E-state index in [1.807, 2.05) is 49.1 Å². The highest BCUT2D eigenvalue weighted by Gasteiger charge is 2.11. The Morgan fingerprint density at radius 3 is 1.69 bits per heavy atom. The van der Waals surface area contributed by atoms with Crippen LogP contribution in [0.5, 0.6) is 5.75 Å². The van der Waals surface area contributed by atoms with Crippen LogP contribution in [0.2, 0.25) is 0 Å². The number of hydrogen-bond donors (Lipinski definition) is 0. The van der Waals surface area contributed by atoms with Crippen molar-refractivity contribution in [2.45, 2.75) is 52.4 Å². The second-order valence-electron chi connectivity index (χ2n) is 8.53. The third-order valence-corrected chi connectivity index (χ3v) is 5.72. The summed E-state index contributed by atoms with van der Waals surface area (Å²) in [4.78, 5) is 30.4. The maximum Gasteiger partial charge on any atom is 0.343 e. The Kier molecular flexibility index (Phi) is 8.28. The van der Waals surface area contributed by atoms with Gasteiger partial charge >= 0.3 is 5.97 Å². The molecule has 0 aliphatic rings. The fraction of sp³-hybridized carbons (Fsp3) is 0.276. The number of aromatic nitrogens is 4. The van der Waals surface area contributed by atoms with Gasteiger partial charge < -0.3 is 4.74 Å². The summed E-state index contributed by atoms with van der Waals surface area (Å²) in [5.41, 5.74) is 4.46. The molecule has 178 valence electrons. The minimum atomic E-state index is -0.420. The van der Waals surface area contributed by atoms with Gasteiger partial charge in [-0.15, -0.1) is 0 Å². The van der Waals surface area contributed by atoms with E-state index in [9.17, 15) is 4.79 Å². The van der Waals surface area contributed by atoms with E-state index in [1.54, 1.807) is 24.3 Å². The number of hydrogen-bond acceptors (Lipinski definition) is 6. The van der Waals surface area contributed by atoms with Crippen LogP contribution in [0, 0.1) is 0 Å². The number of rotatable bonds is 10. The smallest absolute Gasteiger partial charge is 0.343 e. The van der Waals surface area contributed by atoms with E-state index in [4.69, 9.17) is 4.74 Å². The highest BCUT2D eigenvalue weighted by atomic mass is 16.5. The summed E-state index contributed by atoms with van der Waals surface area (Å²) < 4.78 is 5.54. The van der Waals surface area contributed by atoms with Gasteiger partial charge in [0.2, 0.25) is 0 Å². The first kappa shape index (κ1) is 24.2. The molecule has 6 nitrogen and oxygen atoms in total. The molecule has 4 aromatic rings. The normalized spacial score (nSPS) is 10.8. The lowest BCUT2D eigenvalue weighted by molar-refractivity contribution is 0.0735. The predicted molar refractivity (Wildman–Crippen MR) is 137 cm³/mol. The van der Waals surface area contributed by atoms with E-state index < -0.39 is 5.97 Å². The molecule has 0 fully saturated rings. The van der Waals surface area contributed by atoms with Gasteiger partial charge in [0.05, 0.1) is 5.56 Å². The number of esters is 1. The summed E-state index contributed by atoms with van der Waals surface area (Å²) in [6.45, 7) is 4.32. The molecule has 0 unspecified atom stereocenters. The molecule has 4 rings (SSSR count). The van der Waals surface area contributed by atoms with Crippen LogP contribution in [-0.2, 0) is 12.8 Å². The van der Waals surface area contributed by atoms with Crippen molar-refractivity contribution in [3.63, 3.8) is 0 Å². The zero-order valence-electron chi connectivity index (χ0n) is 20.3. The number of nitrogens with zero attached hydrogens (tertiary/aromatic N) is 4. The average molecular weight is 467 g/mol. The second kappa shape index (κ2) is 12.0. The molecule has 0 saturated heterocycles. The molecule has 0 radical (unpaired) electrons. The Labute approximate surface area is 206 Å². The van der Waals surface area contributed by atoms with Crippen molar-refractivity contribution in [2.75, 3.05) is 0 Å². The molecule has 2 aromatic carbocycles. The van der Waals surface area contributed by atoms with E-state index in [-0.39, 0.29) is 0 Å². The molecule has 0 saturated carbocycles. The maximum absolute atomic E-state index is 12.6. The minimum absolute atomic E-state index is 0.420. The summed E-state index contributed by atoms with van der Waals surface area (Å²) in [7, 11) is 0. The van der Waals surface area contributed by atoms with Crippen molar-refractivity contribution in [3.8, 4) is 28.5 Å². The van der Waals surface area contributed by atoms with Crippen molar-refractivity contribution in [1.29, 1.82) is 0 Å². The molecule has 0 bridgehead atoms. The summed E-state index contributed by atoms with van der Waals surface area (Å²) in [5, 5.41) is 0. The highest BCUT2D eigenvalue weighted by Crippen LogP contribution is 2.21. The van der Waals surface area contributed by atoms with Gasteiger partial charge in [0, 0.05) is 35.9 Å². The number of aryl methyl sites for hydroxylation is 2. The van der Waals surface area contributed by atoms with Crippen molar-refractivity contribution < 1.29 is 9.53 Å². The number of benzene rings is 2. The van der Waals surface area contributed by atoms with E-state index in [0.29, 0.717) is 23.0 Å². The highest BCUT2D eigenvalue weighted by molar-refractivity contribution is 5.91. The fourth-order valence-electron chi connectivity index (χ4n) is 3.73. The van der Waals surface area contributed by atoms with Crippen LogP contribution >= 0.6 is 0 Å². The van der Waals surface area contributed by atoms with Crippen molar-refractivity contribution in [3.05, 3.63) is 90.0 Å². The largest absolute Gasteiger partial charge is 0.423 e. The molecule has 0 aliphatic heterocycles. The third kappa shape index (κ3) is 6.57. The topological polar surface area (TPSA) is 77.9 Å². The van der Waals surface area contributed by atoms with E-state index in [1.165, 1.54) is 12.8 Å². The summed E-state index contributed by atoms with van der Waals surface area (Å²) >= 11 is 0. The van der Waals surface area contributed by atoms with Crippen LogP contribution in [0.1, 0.15) is 61.0 Å². The van der Waals surface area contributed by atoms with Gasteiger partial charge in [0.1, 0.15) is 5.75 Å². The van der Waals surface area contributed by atoms with E-state index in [2.05, 4.69) is 33.8 Å². The lowest BCUT2D eigenvalue weighted by Gasteiger charge is -2.07. The first-order valence-corrected chi connectivity index (χ1v) is 12.2. The zero-order chi connectivity index (χ0) is 24.5. The van der Waals surface area contributed by atoms with E-state index in [0.717, 1.165) is 47.9 Å². The molecule has 0 N–H and O–H groups in total. The Balaban J connectivity index is 1.36. The van der Waals surface area contributed by atoms with Crippen molar-refractivity contribution in [2.24, 2.45) is 0 Å². The standard InChI is InChI=1S/C29H30N4O2/c1-3-5-6-8-22-19-32-27(33-20-22)23-9-11-25(12-10-23)29(34)35-26-15-13-24(14-16-26)28-30-17-21(7-4-2)18-31-28/h9-20H,3-8H2,1-2H3. The summed E-state index contributed by atoms with van der Waals surface area (Å²) in [5.74, 6) is 1.34.